The van der Waals surface area contributed by atoms with Crippen LogP contribution in [0.2, 0.25) is 0 Å². The number of hydrogen-bond donors (Lipinski definition) is 1. The van der Waals surface area contributed by atoms with Gasteiger partial charge >= 0.3 is 0 Å². The summed E-state index contributed by atoms with van der Waals surface area (Å²) in [5.41, 5.74) is 6.36. The van der Waals surface area contributed by atoms with E-state index in [9.17, 15) is 10.4 Å². The van der Waals surface area contributed by atoms with Crippen LogP contribution in [0, 0.1) is 17.4 Å². The van der Waals surface area contributed by atoms with Gasteiger partial charge in [0.05, 0.1) is 22.7 Å². The normalized spacial score (nSPS) is 10.5. The third-order valence-electron chi connectivity index (χ3n) is 5.31. The van der Waals surface area contributed by atoms with Crippen LogP contribution >= 0.6 is 0 Å². The van der Waals surface area contributed by atoms with Crippen molar-refractivity contribution in [1.82, 2.24) is 14.5 Å². The number of imidazole rings is 1. The fourth-order valence-corrected chi connectivity index (χ4v) is 3.76. The largest absolute Gasteiger partial charge is 0.507 e. The molecular weight excluding hydrogens is 579 g/mol. The Morgan fingerprint density at radius 3 is 2.50 bits per heavy atom. The summed E-state index contributed by atoms with van der Waals surface area (Å²) in [6.07, 6.45) is 1.63. The number of para-hydroxylation sites is 2. The summed E-state index contributed by atoms with van der Waals surface area (Å²) in [6.45, 7) is 0. The molecule has 5 nitrogen and oxygen atoms in total. The summed E-state index contributed by atoms with van der Waals surface area (Å²) in [5.74, 6) is 0.888. The summed E-state index contributed by atoms with van der Waals surface area (Å²) in [7, 11) is 1.94. The van der Waals surface area contributed by atoms with Crippen LogP contribution in [0.25, 0.3) is 44.8 Å². The number of phenolic OH excluding ortho intramolecular Hbond substituents is 1. The van der Waals surface area contributed by atoms with E-state index < -0.39 is 0 Å². The molecule has 2 heterocycles. The van der Waals surface area contributed by atoms with Crippen molar-refractivity contribution in [1.29, 1.82) is 5.26 Å². The summed E-state index contributed by atoms with van der Waals surface area (Å²) >= 11 is 0. The summed E-state index contributed by atoms with van der Waals surface area (Å²) < 4.78 is 1.98. The van der Waals surface area contributed by atoms with Crippen LogP contribution in [0.4, 0.5) is 0 Å². The first-order chi connectivity index (χ1) is 15.2. The molecule has 0 aliphatic carbocycles. The molecule has 0 unspecified atom stereocenters. The number of aromatic nitrogens is 3. The van der Waals surface area contributed by atoms with Gasteiger partial charge in [0, 0.05) is 45.6 Å². The van der Waals surface area contributed by atoms with E-state index in [1.54, 1.807) is 30.5 Å². The quantitative estimate of drug-likeness (QED) is 0.286. The predicted octanol–water partition coefficient (Wildman–Crippen LogP) is 5.34. The van der Waals surface area contributed by atoms with Gasteiger partial charge in [-0.25, -0.2) is 4.98 Å². The molecule has 0 amide bonds. The molecule has 5 aromatic rings. The van der Waals surface area contributed by atoms with Gasteiger partial charge in [-0.15, -0.1) is 29.8 Å². The van der Waals surface area contributed by atoms with Crippen molar-refractivity contribution in [2.45, 2.75) is 0 Å². The van der Waals surface area contributed by atoms with Crippen LogP contribution in [0.1, 0.15) is 5.56 Å². The summed E-state index contributed by atoms with van der Waals surface area (Å²) in [6, 6.07) is 28.1. The topological polar surface area (TPSA) is 74.7 Å². The van der Waals surface area contributed by atoms with Crippen molar-refractivity contribution >= 4 is 11.0 Å². The van der Waals surface area contributed by atoms with Gasteiger partial charge in [-0.3, -0.25) is 4.98 Å². The second-order valence-corrected chi connectivity index (χ2v) is 7.20. The molecular formula is C26H17N4OPt-. The Hall–Kier alpha value is -3.74. The minimum Gasteiger partial charge on any atom is -0.507 e. The van der Waals surface area contributed by atoms with Crippen LogP contribution in [0.3, 0.4) is 0 Å². The maximum atomic E-state index is 10.3. The third kappa shape index (κ3) is 3.70. The molecule has 0 fully saturated rings. The average Bonchev–Trinajstić information content (AvgIpc) is 3.16. The van der Waals surface area contributed by atoms with Crippen LogP contribution in [-0.2, 0) is 28.1 Å². The Balaban J connectivity index is 0.00000245. The van der Waals surface area contributed by atoms with Gasteiger partial charge in [0.25, 0.3) is 0 Å². The molecule has 0 aliphatic rings. The van der Waals surface area contributed by atoms with E-state index in [1.807, 2.05) is 60.1 Å². The number of pyridine rings is 1. The van der Waals surface area contributed by atoms with Gasteiger partial charge in [0.2, 0.25) is 0 Å². The first-order valence-corrected chi connectivity index (χ1v) is 9.79. The molecule has 5 rings (SSSR count). The van der Waals surface area contributed by atoms with Crippen molar-refractivity contribution in [3.8, 4) is 45.6 Å². The molecule has 0 spiro atoms. The van der Waals surface area contributed by atoms with Crippen LogP contribution in [0.5, 0.6) is 5.75 Å². The van der Waals surface area contributed by atoms with Crippen molar-refractivity contribution in [3.63, 3.8) is 0 Å². The molecule has 0 saturated carbocycles. The third-order valence-corrected chi connectivity index (χ3v) is 5.31. The Bertz CT molecular complexity index is 1480. The Morgan fingerprint density at radius 2 is 1.69 bits per heavy atom. The zero-order valence-corrected chi connectivity index (χ0v) is 19.3. The Labute approximate surface area is 199 Å². The number of aryl methyl sites for hydroxylation is 1. The van der Waals surface area contributed by atoms with E-state index in [-0.39, 0.29) is 26.8 Å². The molecule has 0 atom stereocenters. The second kappa shape index (κ2) is 8.78. The molecule has 158 valence electrons. The van der Waals surface area contributed by atoms with Gasteiger partial charge < -0.3 is 9.67 Å². The number of nitrogens with zero attached hydrogens (tertiary/aromatic N) is 4. The minimum absolute atomic E-state index is 0. The maximum Gasteiger partial charge on any atom is 0.143 e. The predicted molar refractivity (Wildman–Crippen MR) is 120 cm³/mol. The van der Waals surface area contributed by atoms with E-state index >= 15 is 0 Å². The zero-order valence-electron chi connectivity index (χ0n) is 17.1. The minimum atomic E-state index is 0. The number of aromatic hydroxyl groups is 1. The number of benzene rings is 3. The smallest absolute Gasteiger partial charge is 0.143 e. The Kier molecular flexibility index (Phi) is 5.90. The van der Waals surface area contributed by atoms with Crippen LogP contribution in [0.15, 0.2) is 79.0 Å². The molecule has 0 bridgehead atoms. The van der Waals surface area contributed by atoms with Crippen molar-refractivity contribution < 1.29 is 26.2 Å². The molecule has 0 aliphatic heterocycles. The average molecular weight is 597 g/mol. The van der Waals surface area contributed by atoms with Crippen LogP contribution < -0.4 is 0 Å². The SMILES string of the molecule is Cn1c(-c2ccccc2O)nc2c(-c3[c-]c(-c4cc(C#N)ccn4)ccc3)cccc21.[Pt]. The van der Waals surface area contributed by atoms with Crippen molar-refractivity contribution in [2.24, 2.45) is 7.05 Å². The fourth-order valence-electron chi connectivity index (χ4n) is 3.76. The number of nitriles is 1. The van der Waals surface area contributed by atoms with Gasteiger partial charge in [-0.05, 0) is 24.3 Å². The molecule has 3 aromatic carbocycles. The monoisotopic (exact) mass is 596 g/mol. The van der Waals surface area contributed by atoms with Crippen LogP contribution in [-0.4, -0.2) is 19.6 Å². The number of phenols is 1. The van der Waals surface area contributed by atoms with Gasteiger partial charge in [0.15, 0.2) is 0 Å². The maximum absolute atomic E-state index is 10.3. The molecule has 6 heteroatoms. The molecule has 1 N–H and O–H groups in total. The zero-order chi connectivity index (χ0) is 21.4. The standard InChI is InChI=1S/C26H17N4O.Pt/c1-30-23-10-5-9-20(25(23)29-26(30)21-8-2-3-11-24(21)31)18-6-4-7-19(15-18)22-14-17(16-27)12-13-28-22;/h2-14,31H,1H3;/q-1;. The van der Waals surface area contributed by atoms with E-state index in [0.717, 1.165) is 27.7 Å². The number of hydrogen-bond acceptors (Lipinski definition) is 4. The van der Waals surface area contributed by atoms with E-state index in [4.69, 9.17) is 4.98 Å². The van der Waals surface area contributed by atoms with E-state index in [2.05, 4.69) is 17.1 Å². The van der Waals surface area contributed by atoms with Crippen molar-refractivity contribution in [2.75, 3.05) is 0 Å². The van der Waals surface area contributed by atoms with E-state index in [0.29, 0.717) is 22.6 Å². The summed E-state index contributed by atoms with van der Waals surface area (Å²) in [4.78, 5) is 9.27. The fraction of sp³-hybridized carbons (Fsp3) is 0.0385. The summed E-state index contributed by atoms with van der Waals surface area (Å²) in [5, 5.41) is 19.5. The van der Waals surface area contributed by atoms with Crippen molar-refractivity contribution in [3.05, 3.63) is 90.6 Å². The molecule has 0 radical (unpaired) electrons. The molecule has 32 heavy (non-hydrogen) atoms. The molecule has 2 aromatic heterocycles. The number of rotatable bonds is 3. The Morgan fingerprint density at radius 1 is 0.938 bits per heavy atom. The van der Waals surface area contributed by atoms with Gasteiger partial charge in [-0.2, -0.15) is 5.26 Å². The number of fused-ring (bicyclic) bond motifs is 1. The molecule has 0 saturated heterocycles. The van der Waals surface area contributed by atoms with Gasteiger partial charge in [-0.1, -0.05) is 41.5 Å². The van der Waals surface area contributed by atoms with E-state index in [1.165, 1.54) is 0 Å². The first kappa shape index (κ1) is 21.5. The second-order valence-electron chi connectivity index (χ2n) is 7.20. The first-order valence-electron chi connectivity index (χ1n) is 9.79. The van der Waals surface area contributed by atoms with Gasteiger partial charge in [0.1, 0.15) is 11.6 Å².